The summed E-state index contributed by atoms with van der Waals surface area (Å²) in [6, 6.07) is 1.98. The molecule has 0 bridgehead atoms. The largest absolute Gasteiger partial charge is 0.359 e. The molecule has 0 unspecified atom stereocenters. The van der Waals surface area contributed by atoms with Crippen LogP contribution in [-0.4, -0.2) is 44.6 Å². The van der Waals surface area contributed by atoms with Crippen molar-refractivity contribution in [1.29, 1.82) is 0 Å². The van der Waals surface area contributed by atoms with Gasteiger partial charge in [0.15, 0.2) is 11.7 Å². The van der Waals surface area contributed by atoms with Gasteiger partial charge >= 0.3 is 0 Å². The van der Waals surface area contributed by atoms with E-state index in [9.17, 15) is 8.42 Å². The lowest BCUT2D eigenvalue weighted by Crippen LogP contribution is -2.41. The molecular formula is C18H32N4O3S. The molecule has 0 aromatic carbocycles. The molecule has 0 atom stereocenters. The SMILES string of the molecule is CCNC(=NCc1cc(C(CC)CC)no1)NCC1(CS(C)(=O)=O)CC1. The second kappa shape index (κ2) is 8.88. The fourth-order valence-electron chi connectivity index (χ4n) is 3.18. The van der Waals surface area contributed by atoms with E-state index in [-0.39, 0.29) is 11.2 Å². The first-order valence-electron chi connectivity index (χ1n) is 9.46. The molecule has 1 aliphatic rings. The topological polar surface area (TPSA) is 96.6 Å². The monoisotopic (exact) mass is 384 g/mol. The Morgan fingerprint density at radius 3 is 2.54 bits per heavy atom. The highest BCUT2D eigenvalue weighted by molar-refractivity contribution is 7.90. The van der Waals surface area contributed by atoms with Gasteiger partial charge in [0.25, 0.3) is 0 Å². The quantitative estimate of drug-likeness (QED) is 0.475. The highest BCUT2D eigenvalue weighted by atomic mass is 32.2. The predicted molar refractivity (Wildman–Crippen MR) is 104 cm³/mol. The molecule has 2 rings (SSSR count). The van der Waals surface area contributed by atoms with E-state index in [1.54, 1.807) is 0 Å². The summed E-state index contributed by atoms with van der Waals surface area (Å²) < 4.78 is 28.6. The molecule has 8 heteroatoms. The lowest BCUT2D eigenvalue weighted by molar-refractivity contribution is 0.372. The van der Waals surface area contributed by atoms with Crippen LogP contribution in [0.2, 0.25) is 0 Å². The van der Waals surface area contributed by atoms with E-state index in [1.165, 1.54) is 6.26 Å². The lowest BCUT2D eigenvalue weighted by Gasteiger charge is -2.17. The van der Waals surface area contributed by atoms with Crippen LogP contribution in [0.4, 0.5) is 0 Å². The van der Waals surface area contributed by atoms with Gasteiger partial charge < -0.3 is 15.2 Å². The Balaban J connectivity index is 1.94. The normalized spacial score (nSPS) is 16.7. The van der Waals surface area contributed by atoms with Crippen LogP contribution in [0.5, 0.6) is 0 Å². The molecule has 2 N–H and O–H groups in total. The maximum Gasteiger partial charge on any atom is 0.191 e. The van der Waals surface area contributed by atoms with Crippen molar-refractivity contribution >= 4 is 15.8 Å². The minimum absolute atomic E-state index is 0.140. The summed E-state index contributed by atoms with van der Waals surface area (Å²) in [4.78, 5) is 4.55. The van der Waals surface area contributed by atoms with E-state index in [4.69, 9.17) is 4.52 Å². The molecule has 0 aliphatic heterocycles. The molecular weight excluding hydrogens is 352 g/mol. The van der Waals surface area contributed by atoms with Crippen molar-refractivity contribution in [3.8, 4) is 0 Å². The maximum absolute atomic E-state index is 11.6. The highest BCUT2D eigenvalue weighted by Crippen LogP contribution is 2.45. The zero-order valence-corrected chi connectivity index (χ0v) is 17.2. The van der Waals surface area contributed by atoms with E-state index in [2.05, 4.69) is 34.6 Å². The third kappa shape index (κ3) is 6.30. The van der Waals surface area contributed by atoms with Crippen LogP contribution in [0.1, 0.15) is 63.8 Å². The predicted octanol–water partition coefficient (Wildman–Crippen LogP) is 2.46. The smallest absolute Gasteiger partial charge is 0.191 e. The molecule has 26 heavy (non-hydrogen) atoms. The zero-order chi connectivity index (χ0) is 19.2. The van der Waals surface area contributed by atoms with Gasteiger partial charge in [-0.3, -0.25) is 0 Å². The summed E-state index contributed by atoms with van der Waals surface area (Å²) in [5, 5.41) is 10.6. The summed E-state index contributed by atoms with van der Waals surface area (Å²) >= 11 is 0. The fraction of sp³-hybridized carbons (Fsp3) is 0.778. The Morgan fingerprint density at radius 2 is 2.00 bits per heavy atom. The fourth-order valence-corrected chi connectivity index (χ4v) is 4.68. The first-order chi connectivity index (χ1) is 12.3. The average molecular weight is 385 g/mol. The second-order valence-electron chi connectivity index (χ2n) is 7.35. The first-order valence-corrected chi connectivity index (χ1v) is 11.5. The molecule has 0 amide bonds. The van der Waals surface area contributed by atoms with Crippen LogP contribution in [0, 0.1) is 5.41 Å². The number of sulfone groups is 1. The van der Waals surface area contributed by atoms with E-state index in [0.29, 0.717) is 25.0 Å². The number of rotatable bonds is 10. The number of hydrogen-bond donors (Lipinski definition) is 2. The van der Waals surface area contributed by atoms with E-state index in [0.717, 1.165) is 43.7 Å². The Kier molecular flexibility index (Phi) is 7.08. The van der Waals surface area contributed by atoms with Gasteiger partial charge in [0.1, 0.15) is 16.4 Å². The van der Waals surface area contributed by atoms with Gasteiger partial charge in [0.2, 0.25) is 0 Å². The summed E-state index contributed by atoms with van der Waals surface area (Å²) in [5.74, 6) is 2.07. The van der Waals surface area contributed by atoms with Gasteiger partial charge in [-0.05, 0) is 32.6 Å². The Labute approximate surface area is 156 Å². The van der Waals surface area contributed by atoms with Crippen LogP contribution >= 0.6 is 0 Å². The minimum atomic E-state index is -2.97. The standard InChI is InChI=1S/C18H32N4O3S/c1-5-14(6-2)16-10-15(25-22-16)11-20-17(19-7-3)21-12-18(8-9-18)13-26(4,23)24/h10,14H,5-9,11-13H2,1-4H3,(H2,19,20,21). The third-order valence-corrected chi connectivity index (χ3v) is 6.01. The van der Waals surface area contributed by atoms with Gasteiger partial charge in [-0.1, -0.05) is 19.0 Å². The Hall–Kier alpha value is -1.57. The number of nitrogens with zero attached hydrogens (tertiary/aromatic N) is 2. The van der Waals surface area contributed by atoms with Crippen LogP contribution in [0.3, 0.4) is 0 Å². The van der Waals surface area contributed by atoms with Gasteiger partial charge in [0.05, 0.1) is 11.4 Å². The van der Waals surface area contributed by atoms with Crippen molar-refractivity contribution in [1.82, 2.24) is 15.8 Å². The summed E-state index contributed by atoms with van der Waals surface area (Å²) in [6.45, 7) is 8.06. The maximum atomic E-state index is 11.6. The number of aliphatic imine (C=N–C) groups is 1. The minimum Gasteiger partial charge on any atom is -0.359 e. The molecule has 0 spiro atoms. The van der Waals surface area contributed by atoms with E-state index in [1.807, 2.05) is 13.0 Å². The van der Waals surface area contributed by atoms with Crippen molar-refractivity contribution in [2.24, 2.45) is 10.4 Å². The molecule has 1 heterocycles. The van der Waals surface area contributed by atoms with E-state index < -0.39 is 9.84 Å². The van der Waals surface area contributed by atoms with Crippen LogP contribution in [-0.2, 0) is 16.4 Å². The lowest BCUT2D eigenvalue weighted by atomic mass is 9.99. The molecule has 0 saturated heterocycles. The molecule has 1 saturated carbocycles. The number of nitrogens with one attached hydrogen (secondary N) is 2. The van der Waals surface area contributed by atoms with Crippen LogP contribution < -0.4 is 10.6 Å². The van der Waals surface area contributed by atoms with Gasteiger partial charge in [-0.15, -0.1) is 0 Å². The highest BCUT2D eigenvalue weighted by Gasteiger charge is 2.45. The van der Waals surface area contributed by atoms with Crippen molar-refractivity contribution in [2.75, 3.05) is 25.1 Å². The molecule has 1 aromatic heterocycles. The van der Waals surface area contributed by atoms with Crippen molar-refractivity contribution in [3.63, 3.8) is 0 Å². The molecule has 148 valence electrons. The Morgan fingerprint density at radius 1 is 1.31 bits per heavy atom. The number of hydrogen-bond acceptors (Lipinski definition) is 5. The molecule has 0 radical (unpaired) electrons. The first kappa shape index (κ1) is 20.7. The molecule has 7 nitrogen and oxygen atoms in total. The van der Waals surface area contributed by atoms with Crippen LogP contribution in [0.25, 0.3) is 0 Å². The zero-order valence-electron chi connectivity index (χ0n) is 16.3. The van der Waals surface area contributed by atoms with Crippen molar-refractivity contribution in [2.45, 2.75) is 58.9 Å². The summed E-state index contributed by atoms with van der Waals surface area (Å²) in [7, 11) is -2.97. The Bertz CT molecular complexity index is 704. The van der Waals surface area contributed by atoms with Gasteiger partial charge in [-0.2, -0.15) is 0 Å². The molecule has 1 aromatic rings. The van der Waals surface area contributed by atoms with E-state index >= 15 is 0 Å². The van der Waals surface area contributed by atoms with Crippen molar-refractivity contribution < 1.29 is 12.9 Å². The van der Waals surface area contributed by atoms with Gasteiger partial charge in [0, 0.05) is 36.7 Å². The molecule has 1 aliphatic carbocycles. The van der Waals surface area contributed by atoms with Gasteiger partial charge in [-0.25, -0.2) is 13.4 Å². The molecule has 1 fully saturated rings. The summed E-state index contributed by atoms with van der Waals surface area (Å²) in [5.41, 5.74) is 0.849. The average Bonchev–Trinajstić information content (AvgIpc) is 3.15. The second-order valence-corrected chi connectivity index (χ2v) is 9.49. The number of guanidine groups is 1. The summed E-state index contributed by atoms with van der Waals surface area (Å²) in [6.07, 6.45) is 5.26. The van der Waals surface area contributed by atoms with Crippen LogP contribution in [0.15, 0.2) is 15.6 Å². The number of aromatic nitrogens is 1. The third-order valence-electron chi connectivity index (χ3n) is 4.87. The van der Waals surface area contributed by atoms with Crippen molar-refractivity contribution in [3.05, 3.63) is 17.5 Å².